The molecule has 19 heavy (non-hydrogen) atoms. The molecule has 1 aliphatic rings. The van der Waals surface area contributed by atoms with Crippen molar-refractivity contribution in [3.05, 3.63) is 35.1 Å². The first-order valence-electron chi connectivity index (χ1n) is 6.67. The number of aryl methyl sites for hydroxylation is 1. The van der Waals surface area contributed by atoms with Gasteiger partial charge in [0.05, 0.1) is 0 Å². The maximum atomic E-state index is 13.5. The summed E-state index contributed by atoms with van der Waals surface area (Å²) in [5, 5.41) is 0. The molecule has 1 aliphatic heterocycles. The van der Waals surface area contributed by atoms with Crippen LogP contribution in [0.15, 0.2) is 18.2 Å². The number of rotatable bonds is 3. The lowest BCUT2D eigenvalue weighted by Crippen LogP contribution is -2.34. The van der Waals surface area contributed by atoms with E-state index in [4.69, 9.17) is 4.74 Å². The molecule has 0 spiro atoms. The molecule has 0 bridgehead atoms. The molecule has 104 valence electrons. The van der Waals surface area contributed by atoms with Gasteiger partial charge in [-0.15, -0.1) is 0 Å². The van der Waals surface area contributed by atoms with E-state index < -0.39 is 0 Å². The van der Waals surface area contributed by atoms with Crippen LogP contribution < -0.4 is 0 Å². The standard InChI is InChI=1S/C15H20FNO2/c1-11-3-4-13(9-14(11)16)15(18)17(2)10-12-5-7-19-8-6-12/h3-4,9,12H,5-8,10H2,1-2H3. The fourth-order valence-electron chi connectivity index (χ4n) is 2.35. The molecule has 1 aromatic carbocycles. The topological polar surface area (TPSA) is 29.5 Å². The first-order valence-corrected chi connectivity index (χ1v) is 6.67. The maximum Gasteiger partial charge on any atom is 0.253 e. The van der Waals surface area contributed by atoms with Crippen LogP contribution in [0.25, 0.3) is 0 Å². The molecule has 4 heteroatoms. The van der Waals surface area contributed by atoms with E-state index in [2.05, 4.69) is 0 Å². The fraction of sp³-hybridized carbons (Fsp3) is 0.533. The van der Waals surface area contributed by atoms with Gasteiger partial charge in [0.2, 0.25) is 0 Å². The van der Waals surface area contributed by atoms with Crippen LogP contribution in [0.2, 0.25) is 0 Å². The second kappa shape index (κ2) is 6.15. The van der Waals surface area contributed by atoms with Crippen molar-refractivity contribution in [3.8, 4) is 0 Å². The van der Waals surface area contributed by atoms with Gasteiger partial charge >= 0.3 is 0 Å². The molecule has 1 amide bonds. The van der Waals surface area contributed by atoms with Crippen molar-refractivity contribution in [2.24, 2.45) is 5.92 Å². The van der Waals surface area contributed by atoms with E-state index in [1.54, 1.807) is 31.0 Å². The van der Waals surface area contributed by atoms with E-state index in [1.165, 1.54) is 6.07 Å². The lowest BCUT2D eigenvalue weighted by Gasteiger charge is -2.27. The molecule has 0 atom stereocenters. The zero-order chi connectivity index (χ0) is 13.8. The number of carbonyl (C=O) groups excluding carboxylic acids is 1. The zero-order valence-electron chi connectivity index (χ0n) is 11.5. The summed E-state index contributed by atoms with van der Waals surface area (Å²) in [6.07, 6.45) is 1.97. The summed E-state index contributed by atoms with van der Waals surface area (Å²) >= 11 is 0. The number of nitrogens with zero attached hydrogens (tertiary/aromatic N) is 1. The molecule has 0 unspecified atom stereocenters. The zero-order valence-corrected chi connectivity index (χ0v) is 11.5. The normalized spacial score (nSPS) is 16.4. The first kappa shape index (κ1) is 14.0. The summed E-state index contributed by atoms with van der Waals surface area (Å²) in [6, 6.07) is 4.64. The molecular formula is C15H20FNO2. The minimum atomic E-state index is -0.328. The van der Waals surface area contributed by atoms with Gasteiger partial charge in [-0.2, -0.15) is 0 Å². The summed E-state index contributed by atoms with van der Waals surface area (Å²) in [5.74, 6) is 0.0358. The lowest BCUT2D eigenvalue weighted by atomic mass is 9.99. The van der Waals surface area contributed by atoms with Gasteiger partial charge in [0.25, 0.3) is 5.91 Å². The van der Waals surface area contributed by atoms with E-state index in [9.17, 15) is 9.18 Å². The van der Waals surface area contributed by atoms with Crippen LogP contribution in [0.3, 0.4) is 0 Å². The van der Waals surface area contributed by atoms with Crippen LogP contribution >= 0.6 is 0 Å². The Labute approximate surface area is 113 Å². The van der Waals surface area contributed by atoms with E-state index >= 15 is 0 Å². The average molecular weight is 265 g/mol. The highest BCUT2D eigenvalue weighted by atomic mass is 19.1. The second-order valence-corrected chi connectivity index (χ2v) is 5.21. The molecule has 0 aromatic heterocycles. The number of carbonyl (C=O) groups is 1. The number of hydrogen-bond acceptors (Lipinski definition) is 2. The third kappa shape index (κ3) is 3.53. The first-order chi connectivity index (χ1) is 9.08. The Hall–Kier alpha value is -1.42. The van der Waals surface area contributed by atoms with Crippen LogP contribution in [0.5, 0.6) is 0 Å². The highest BCUT2D eigenvalue weighted by Gasteiger charge is 2.19. The Balaban J connectivity index is 1.99. The number of amides is 1. The van der Waals surface area contributed by atoms with Crippen molar-refractivity contribution in [1.82, 2.24) is 4.90 Å². The molecule has 1 aromatic rings. The summed E-state index contributed by atoms with van der Waals surface area (Å²) in [7, 11) is 1.77. The minimum absolute atomic E-state index is 0.120. The van der Waals surface area contributed by atoms with Gasteiger partial charge in [-0.3, -0.25) is 4.79 Å². The van der Waals surface area contributed by atoms with Crippen LogP contribution in [-0.2, 0) is 4.74 Å². The smallest absolute Gasteiger partial charge is 0.253 e. The van der Waals surface area contributed by atoms with Crippen LogP contribution in [-0.4, -0.2) is 37.6 Å². The van der Waals surface area contributed by atoms with E-state index in [1.807, 2.05) is 0 Å². The Morgan fingerprint density at radius 3 is 2.74 bits per heavy atom. The molecule has 1 saturated heterocycles. The Kier molecular flexibility index (Phi) is 4.53. The van der Waals surface area contributed by atoms with E-state index in [0.717, 1.165) is 26.1 Å². The van der Waals surface area contributed by atoms with E-state index in [0.29, 0.717) is 23.6 Å². The molecule has 0 aliphatic carbocycles. The van der Waals surface area contributed by atoms with Crippen molar-refractivity contribution in [2.75, 3.05) is 26.8 Å². The molecule has 1 heterocycles. The summed E-state index contributed by atoms with van der Waals surface area (Å²) in [6.45, 7) is 3.94. The number of hydrogen-bond donors (Lipinski definition) is 0. The maximum absolute atomic E-state index is 13.5. The highest BCUT2D eigenvalue weighted by molar-refractivity contribution is 5.94. The van der Waals surface area contributed by atoms with Crippen LogP contribution in [0.1, 0.15) is 28.8 Å². The molecule has 0 N–H and O–H groups in total. The van der Waals surface area contributed by atoms with Gasteiger partial charge in [-0.1, -0.05) is 6.07 Å². The van der Waals surface area contributed by atoms with E-state index in [-0.39, 0.29) is 11.7 Å². The Morgan fingerprint density at radius 2 is 2.11 bits per heavy atom. The molecule has 3 nitrogen and oxygen atoms in total. The van der Waals surface area contributed by atoms with Crippen LogP contribution in [0, 0.1) is 18.7 Å². The summed E-state index contributed by atoms with van der Waals surface area (Å²) in [4.78, 5) is 13.9. The third-order valence-corrected chi connectivity index (χ3v) is 3.64. The number of halogens is 1. The van der Waals surface area contributed by atoms with Crippen molar-refractivity contribution < 1.29 is 13.9 Å². The minimum Gasteiger partial charge on any atom is -0.381 e. The quantitative estimate of drug-likeness (QED) is 0.841. The molecule has 1 fully saturated rings. The fourth-order valence-corrected chi connectivity index (χ4v) is 2.35. The number of ether oxygens (including phenoxy) is 1. The van der Waals surface area contributed by atoms with Gasteiger partial charge in [-0.25, -0.2) is 4.39 Å². The molecule has 0 saturated carbocycles. The second-order valence-electron chi connectivity index (χ2n) is 5.21. The SMILES string of the molecule is Cc1ccc(C(=O)N(C)CC2CCOCC2)cc1F. The summed E-state index contributed by atoms with van der Waals surface area (Å²) < 4.78 is 18.8. The third-order valence-electron chi connectivity index (χ3n) is 3.64. The van der Waals surface area contributed by atoms with Crippen molar-refractivity contribution in [1.29, 1.82) is 0 Å². The van der Waals surface area contributed by atoms with Crippen molar-refractivity contribution in [3.63, 3.8) is 0 Å². The Bertz CT molecular complexity index is 455. The average Bonchev–Trinajstić information content (AvgIpc) is 2.42. The van der Waals surface area contributed by atoms with Gasteiger partial charge in [0, 0.05) is 32.4 Å². The molecule has 2 rings (SSSR count). The molecule has 0 radical (unpaired) electrons. The summed E-state index contributed by atoms with van der Waals surface area (Å²) in [5.41, 5.74) is 0.973. The Morgan fingerprint density at radius 1 is 1.42 bits per heavy atom. The predicted molar refractivity (Wildman–Crippen MR) is 71.6 cm³/mol. The van der Waals surface area contributed by atoms with Crippen LogP contribution in [0.4, 0.5) is 4.39 Å². The highest BCUT2D eigenvalue weighted by Crippen LogP contribution is 2.17. The predicted octanol–water partition coefficient (Wildman–Crippen LogP) is 2.63. The lowest BCUT2D eigenvalue weighted by molar-refractivity contribution is 0.0497. The van der Waals surface area contributed by atoms with Gasteiger partial charge in [0.15, 0.2) is 0 Å². The largest absolute Gasteiger partial charge is 0.381 e. The van der Waals surface area contributed by atoms with Crippen molar-refractivity contribution in [2.45, 2.75) is 19.8 Å². The number of benzene rings is 1. The van der Waals surface area contributed by atoms with Gasteiger partial charge in [-0.05, 0) is 43.4 Å². The molecular weight excluding hydrogens is 245 g/mol. The van der Waals surface area contributed by atoms with Crippen molar-refractivity contribution >= 4 is 5.91 Å². The van der Waals surface area contributed by atoms with Gasteiger partial charge in [0.1, 0.15) is 5.82 Å². The monoisotopic (exact) mass is 265 g/mol. The van der Waals surface area contributed by atoms with Gasteiger partial charge < -0.3 is 9.64 Å².